The summed E-state index contributed by atoms with van der Waals surface area (Å²) in [6.45, 7) is 5.90. The molecule has 2 amide bonds. The van der Waals surface area contributed by atoms with E-state index in [1.54, 1.807) is 30.3 Å². The van der Waals surface area contributed by atoms with Crippen molar-refractivity contribution in [3.05, 3.63) is 83.9 Å². The summed E-state index contributed by atoms with van der Waals surface area (Å²) in [6.07, 6.45) is 2.08. The number of nitrogens with zero attached hydrogens (tertiary/aromatic N) is 2. The number of hydrogen-bond donors (Lipinski definition) is 1. The number of methoxy groups -OCH3 is 2. The molecule has 1 atom stereocenters. The minimum absolute atomic E-state index is 0.0112. The van der Waals surface area contributed by atoms with Gasteiger partial charge in [-0.15, -0.1) is 0 Å². The summed E-state index contributed by atoms with van der Waals surface area (Å²) < 4.78 is 40.1. The zero-order valence-electron chi connectivity index (χ0n) is 25.0. The van der Waals surface area contributed by atoms with Gasteiger partial charge in [-0.25, -0.2) is 8.42 Å². The van der Waals surface area contributed by atoms with E-state index in [2.05, 4.69) is 5.32 Å². The summed E-state index contributed by atoms with van der Waals surface area (Å²) in [5.41, 5.74) is 2.03. The number of anilines is 1. The lowest BCUT2D eigenvalue weighted by Gasteiger charge is -2.33. The summed E-state index contributed by atoms with van der Waals surface area (Å²) in [6, 6.07) is 19.5. The van der Waals surface area contributed by atoms with Crippen LogP contribution in [-0.4, -0.2) is 58.5 Å². The van der Waals surface area contributed by atoms with Crippen LogP contribution < -0.4 is 19.1 Å². The molecule has 0 bridgehead atoms. The molecule has 9 nitrogen and oxygen atoms in total. The van der Waals surface area contributed by atoms with Crippen molar-refractivity contribution in [1.82, 2.24) is 10.2 Å². The fraction of sp³-hybridized carbons (Fsp3) is 0.375. The van der Waals surface area contributed by atoms with Gasteiger partial charge in [0.15, 0.2) is 0 Å². The number of unbranched alkanes of at least 4 members (excludes halogenated alkanes) is 1. The Labute approximate surface area is 249 Å². The molecular formula is C32H41N3O6S. The van der Waals surface area contributed by atoms with Gasteiger partial charge in [0.05, 0.1) is 24.8 Å². The number of sulfonamides is 1. The first-order valence-corrected chi connectivity index (χ1v) is 15.5. The molecule has 3 rings (SSSR count). The van der Waals surface area contributed by atoms with Gasteiger partial charge in [-0.2, -0.15) is 0 Å². The molecule has 0 unspecified atom stereocenters. The fourth-order valence-electron chi connectivity index (χ4n) is 4.54. The fourth-order valence-corrected chi connectivity index (χ4v) is 5.98. The van der Waals surface area contributed by atoms with Gasteiger partial charge < -0.3 is 19.7 Å². The molecule has 0 aromatic heterocycles. The number of benzene rings is 3. The minimum atomic E-state index is -4.24. The van der Waals surface area contributed by atoms with Crippen molar-refractivity contribution in [1.29, 1.82) is 0 Å². The normalized spacial score (nSPS) is 11.8. The number of ether oxygens (including phenoxy) is 2. The van der Waals surface area contributed by atoms with E-state index in [4.69, 9.17) is 9.47 Å². The van der Waals surface area contributed by atoms with Crippen molar-refractivity contribution in [3.63, 3.8) is 0 Å². The molecule has 0 heterocycles. The Morgan fingerprint density at radius 3 is 2.21 bits per heavy atom. The summed E-state index contributed by atoms with van der Waals surface area (Å²) in [5, 5.41) is 2.94. The van der Waals surface area contributed by atoms with E-state index in [0.717, 1.165) is 28.3 Å². The highest BCUT2D eigenvalue weighted by atomic mass is 32.2. The third-order valence-corrected chi connectivity index (χ3v) is 8.73. The topological polar surface area (TPSA) is 105 Å². The van der Waals surface area contributed by atoms with E-state index in [1.165, 1.54) is 37.3 Å². The van der Waals surface area contributed by atoms with Crippen LogP contribution in [0.15, 0.2) is 77.7 Å². The lowest BCUT2D eigenvalue weighted by atomic mass is 10.1. The molecule has 226 valence electrons. The predicted octanol–water partition coefficient (Wildman–Crippen LogP) is 4.93. The monoisotopic (exact) mass is 595 g/mol. The van der Waals surface area contributed by atoms with E-state index in [-0.39, 0.29) is 28.8 Å². The standard InChI is InChI=1S/C32H41N3O6S/c1-6-8-20-33-32(37)28(7-2)34(22-25-16-14-24(3)15-17-25)31(36)23-35(42(38,39)27-12-10-9-11-13-27)29-21-26(40-4)18-19-30(29)41-5/h9-19,21,28H,6-8,20,22-23H2,1-5H3,(H,33,37)/t28-/m1/s1. The maximum Gasteiger partial charge on any atom is 0.264 e. The average Bonchev–Trinajstić information content (AvgIpc) is 3.00. The van der Waals surface area contributed by atoms with Gasteiger partial charge in [-0.1, -0.05) is 68.3 Å². The smallest absolute Gasteiger partial charge is 0.264 e. The van der Waals surface area contributed by atoms with Crippen molar-refractivity contribution in [3.8, 4) is 11.5 Å². The van der Waals surface area contributed by atoms with Gasteiger partial charge in [-0.05, 0) is 49.6 Å². The predicted molar refractivity (Wildman–Crippen MR) is 164 cm³/mol. The molecule has 0 aliphatic heterocycles. The zero-order chi connectivity index (χ0) is 30.7. The maximum absolute atomic E-state index is 14.2. The van der Waals surface area contributed by atoms with Gasteiger partial charge in [0.1, 0.15) is 24.1 Å². The Hall–Kier alpha value is -4.05. The molecular weight excluding hydrogens is 554 g/mol. The van der Waals surface area contributed by atoms with E-state index in [9.17, 15) is 18.0 Å². The molecule has 3 aromatic rings. The van der Waals surface area contributed by atoms with E-state index in [1.807, 2.05) is 45.0 Å². The molecule has 0 radical (unpaired) electrons. The maximum atomic E-state index is 14.2. The van der Waals surface area contributed by atoms with E-state index >= 15 is 0 Å². The van der Waals surface area contributed by atoms with E-state index < -0.39 is 28.5 Å². The minimum Gasteiger partial charge on any atom is -0.497 e. The van der Waals surface area contributed by atoms with Crippen LogP contribution in [0.2, 0.25) is 0 Å². The quantitative estimate of drug-likeness (QED) is 0.250. The second-order valence-electron chi connectivity index (χ2n) is 9.94. The SMILES string of the molecule is CCCCNC(=O)[C@@H](CC)N(Cc1ccc(C)cc1)C(=O)CN(c1cc(OC)ccc1OC)S(=O)(=O)c1ccccc1. The number of rotatable bonds is 15. The van der Waals surface area contributed by atoms with Gasteiger partial charge >= 0.3 is 0 Å². The van der Waals surface area contributed by atoms with Gasteiger partial charge in [0.25, 0.3) is 10.0 Å². The first-order valence-electron chi connectivity index (χ1n) is 14.1. The number of hydrogen-bond acceptors (Lipinski definition) is 6. The highest BCUT2D eigenvalue weighted by Gasteiger charge is 2.35. The van der Waals surface area contributed by atoms with Crippen LogP contribution in [0.25, 0.3) is 0 Å². The van der Waals surface area contributed by atoms with Crippen LogP contribution in [0.3, 0.4) is 0 Å². The van der Waals surface area contributed by atoms with Crippen molar-refractivity contribution >= 4 is 27.5 Å². The molecule has 1 N–H and O–H groups in total. The summed E-state index contributed by atoms with van der Waals surface area (Å²) in [5.74, 6) is -0.164. The zero-order valence-corrected chi connectivity index (χ0v) is 25.8. The number of carbonyl (C=O) groups is 2. The Balaban J connectivity index is 2.10. The van der Waals surface area contributed by atoms with Crippen molar-refractivity contribution in [2.24, 2.45) is 0 Å². The third-order valence-electron chi connectivity index (χ3n) is 6.95. The first kappa shape index (κ1) is 32.5. The summed E-state index contributed by atoms with van der Waals surface area (Å²) in [4.78, 5) is 29.0. The highest BCUT2D eigenvalue weighted by Crippen LogP contribution is 2.36. The summed E-state index contributed by atoms with van der Waals surface area (Å²) in [7, 11) is -1.34. The molecule has 0 aliphatic rings. The second-order valence-corrected chi connectivity index (χ2v) is 11.8. The van der Waals surface area contributed by atoms with Crippen molar-refractivity contribution in [2.45, 2.75) is 57.5 Å². The van der Waals surface area contributed by atoms with Crippen LogP contribution in [-0.2, 0) is 26.2 Å². The lowest BCUT2D eigenvalue weighted by molar-refractivity contribution is -0.140. The molecule has 0 fully saturated rings. The van der Waals surface area contributed by atoms with Gasteiger partial charge in [0.2, 0.25) is 11.8 Å². The molecule has 0 spiro atoms. The number of nitrogens with one attached hydrogen (secondary N) is 1. The van der Waals surface area contributed by atoms with Crippen LogP contribution >= 0.6 is 0 Å². The number of amides is 2. The Morgan fingerprint density at radius 1 is 0.929 bits per heavy atom. The van der Waals surface area contributed by atoms with Gasteiger partial charge in [0, 0.05) is 19.2 Å². The molecule has 42 heavy (non-hydrogen) atoms. The first-order chi connectivity index (χ1) is 20.2. The number of carbonyl (C=O) groups excluding carboxylic acids is 2. The average molecular weight is 596 g/mol. The van der Waals surface area contributed by atoms with Crippen LogP contribution in [0.1, 0.15) is 44.2 Å². The molecule has 0 aliphatic carbocycles. The summed E-state index contributed by atoms with van der Waals surface area (Å²) >= 11 is 0. The van der Waals surface area contributed by atoms with E-state index in [0.29, 0.717) is 18.7 Å². The van der Waals surface area contributed by atoms with Gasteiger partial charge in [-0.3, -0.25) is 13.9 Å². The largest absolute Gasteiger partial charge is 0.497 e. The Kier molecular flexibility index (Phi) is 11.8. The molecule has 10 heteroatoms. The van der Waals surface area contributed by atoms with Crippen LogP contribution in [0.4, 0.5) is 5.69 Å². The van der Waals surface area contributed by atoms with Crippen molar-refractivity contribution in [2.75, 3.05) is 31.6 Å². The second kappa shape index (κ2) is 15.3. The van der Waals surface area contributed by atoms with Crippen molar-refractivity contribution < 1.29 is 27.5 Å². The molecule has 0 saturated heterocycles. The third kappa shape index (κ3) is 8.03. The number of aryl methyl sites for hydroxylation is 1. The lowest BCUT2D eigenvalue weighted by Crippen LogP contribution is -2.52. The van der Waals surface area contributed by atoms with Crippen LogP contribution in [0, 0.1) is 6.92 Å². The Morgan fingerprint density at radius 2 is 1.62 bits per heavy atom. The highest BCUT2D eigenvalue weighted by molar-refractivity contribution is 7.92. The van der Waals surface area contributed by atoms with Crippen LogP contribution in [0.5, 0.6) is 11.5 Å². The Bertz CT molecular complexity index is 1430. The molecule has 0 saturated carbocycles. The molecule has 3 aromatic carbocycles.